The molecule has 0 radical (unpaired) electrons. The highest BCUT2D eigenvalue weighted by Crippen LogP contribution is 2.55. The van der Waals surface area contributed by atoms with Gasteiger partial charge in [-0.2, -0.15) is 0 Å². The number of hydrogen-bond acceptors (Lipinski definition) is 7. The number of carbonyl (C=O) groups excluding carboxylic acids is 1. The largest absolute Gasteiger partial charge is 0.531 e. The normalized spacial score (nSPS) is 13.9. The topological polar surface area (TPSA) is 112 Å². The number of carbonyl (C=O) groups is 2. The lowest BCUT2D eigenvalue weighted by Gasteiger charge is -2.31. The highest BCUT2D eigenvalue weighted by molar-refractivity contribution is 7.49. The number of likely N-dealkylation sites (N-methyl/N-ethyl adjacent to an activating group) is 1. The molecule has 33 heavy (non-hydrogen) atoms. The molecule has 188 valence electrons. The van der Waals surface area contributed by atoms with Gasteiger partial charge in [0.1, 0.15) is 17.4 Å². The second-order valence-corrected chi connectivity index (χ2v) is 12.2. The number of ether oxygens (including phenoxy) is 1. The first-order valence-electron chi connectivity index (χ1n) is 10.7. The molecule has 1 aromatic carbocycles. The van der Waals surface area contributed by atoms with Crippen molar-refractivity contribution in [3.63, 3.8) is 0 Å². The van der Waals surface area contributed by atoms with Gasteiger partial charge in [0, 0.05) is 13.5 Å². The summed E-state index contributed by atoms with van der Waals surface area (Å²) in [6.45, 7) is 15.6. The van der Waals surface area contributed by atoms with Crippen LogP contribution in [0.1, 0.15) is 67.9 Å². The molecule has 0 fully saturated rings. The van der Waals surface area contributed by atoms with Crippen molar-refractivity contribution in [1.82, 2.24) is 4.90 Å². The number of aliphatic carboxylic acids is 1. The van der Waals surface area contributed by atoms with Crippen molar-refractivity contribution in [1.29, 1.82) is 0 Å². The number of rotatable bonds is 8. The highest BCUT2D eigenvalue weighted by atomic mass is 31.2. The fourth-order valence-electron chi connectivity index (χ4n) is 2.62. The number of hydrogen-bond donors (Lipinski definition) is 1. The number of phosphoric ester groups is 1. The standard InChI is InChI=1S/C23H38NO8P/c1-21(2,3)29-20(27)24(10)18(19(25)26)15-16-11-13-17(14-12-16)30-33(28,31-22(4,5)6)32-23(7,8)9/h11-14,18H,15H2,1-10H3,(H,25,26)/t18-/m0/s1. The van der Waals surface area contributed by atoms with E-state index in [2.05, 4.69) is 0 Å². The van der Waals surface area contributed by atoms with Crippen molar-refractivity contribution >= 4 is 19.9 Å². The maximum absolute atomic E-state index is 13.2. The number of carboxylic acids is 1. The molecule has 1 aromatic rings. The Balaban J connectivity index is 3.02. The van der Waals surface area contributed by atoms with Gasteiger partial charge in [-0.3, -0.25) is 13.9 Å². The van der Waals surface area contributed by atoms with E-state index in [4.69, 9.17) is 18.3 Å². The predicted molar refractivity (Wildman–Crippen MR) is 125 cm³/mol. The van der Waals surface area contributed by atoms with E-state index in [9.17, 15) is 19.3 Å². The van der Waals surface area contributed by atoms with E-state index >= 15 is 0 Å². The zero-order valence-corrected chi connectivity index (χ0v) is 22.2. The molecule has 0 aromatic heterocycles. The van der Waals surface area contributed by atoms with Gasteiger partial charge in [-0.05, 0) is 80.0 Å². The smallest absolute Gasteiger partial charge is 0.480 e. The molecule has 0 aliphatic heterocycles. The van der Waals surface area contributed by atoms with E-state index in [1.807, 2.05) is 0 Å². The number of nitrogens with zero attached hydrogens (tertiary/aromatic N) is 1. The summed E-state index contributed by atoms with van der Waals surface area (Å²) in [6.07, 6.45) is -0.686. The summed E-state index contributed by atoms with van der Waals surface area (Å²) in [4.78, 5) is 25.1. The van der Waals surface area contributed by atoms with Gasteiger partial charge in [0.2, 0.25) is 0 Å². The van der Waals surface area contributed by atoms with Crippen LogP contribution in [0.5, 0.6) is 5.75 Å². The summed E-state index contributed by atoms with van der Waals surface area (Å²) in [5.74, 6) is -0.923. The van der Waals surface area contributed by atoms with Gasteiger partial charge >= 0.3 is 19.9 Å². The molecule has 1 N–H and O–H groups in total. The van der Waals surface area contributed by atoms with E-state index in [1.165, 1.54) is 7.05 Å². The van der Waals surface area contributed by atoms with Crippen LogP contribution in [0.3, 0.4) is 0 Å². The average molecular weight is 488 g/mol. The summed E-state index contributed by atoms with van der Waals surface area (Å²) in [5.41, 5.74) is -1.66. The first kappa shape index (κ1) is 28.9. The molecule has 0 aliphatic rings. The second-order valence-electron chi connectivity index (χ2n) is 10.7. The molecule has 10 heteroatoms. The van der Waals surface area contributed by atoms with Crippen molar-refractivity contribution in [2.24, 2.45) is 0 Å². The maximum Gasteiger partial charge on any atom is 0.531 e. The number of amides is 1. The van der Waals surface area contributed by atoms with Gasteiger partial charge in [0.05, 0.1) is 11.2 Å². The van der Waals surface area contributed by atoms with Crippen LogP contribution >= 0.6 is 7.82 Å². The monoisotopic (exact) mass is 487 g/mol. The SMILES string of the molecule is CN(C(=O)OC(C)(C)C)[C@@H](Cc1ccc(OP(=O)(OC(C)(C)C)OC(C)(C)C)cc1)C(=O)O. The second kappa shape index (κ2) is 10.5. The third-order valence-electron chi connectivity index (χ3n) is 3.77. The Morgan fingerprint density at radius 1 is 0.909 bits per heavy atom. The van der Waals surface area contributed by atoms with E-state index < -0.39 is 42.7 Å². The van der Waals surface area contributed by atoms with Crippen LogP contribution in [-0.4, -0.2) is 52.0 Å². The Hall–Kier alpha value is -2.09. The van der Waals surface area contributed by atoms with Crippen LogP contribution in [0, 0.1) is 0 Å². The lowest BCUT2D eigenvalue weighted by molar-refractivity contribution is -0.142. The van der Waals surface area contributed by atoms with Gasteiger partial charge in [0.15, 0.2) is 0 Å². The molecule has 0 unspecified atom stereocenters. The van der Waals surface area contributed by atoms with Crippen molar-refractivity contribution in [2.75, 3.05) is 7.05 Å². The van der Waals surface area contributed by atoms with Crippen molar-refractivity contribution in [3.8, 4) is 5.75 Å². The average Bonchev–Trinajstić information content (AvgIpc) is 2.54. The molecule has 0 spiro atoms. The Kier molecular flexibility index (Phi) is 9.17. The molecule has 0 saturated heterocycles. The van der Waals surface area contributed by atoms with Gasteiger partial charge in [-0.25, -0.2) is 14.2 Å². The zero-order valence-electron chi connectivity index (χ0n) is 21.3. The van der Waals surface area contributed by atoms with Crippen LogP contribution < -0.4 is 4.52 Å². The minimum Gasteiger partial charge on any atom is -0.480 e. The van der Waals surface area contributed by atoms with Gasteiger partial charge in [-0.15, -0.1) is 0 Å². The molecule has 0 saturated carbocycles. The summed E-state index contributed by atoms with van der Waals surface area (Å²) in [7, 11) is -2.57. The molecule has 1 rings (SSSR count). The van der Waals surface area contributed by atoms with E-state index in [0.717, 1.165) is 4.90 Å². The Bertz CT molecular complexity index is 842. The van der Waals surface area contributed by atoms with Crippen LogP contribution in [0.2, 0.25) is 0 Å². The van der Waals surface area contributed by atoms with Gasteiger partial charge in [0.25, 0.3) is 0 Å². The Morgan fingerprint density at radius 3 is 1.73 bits per heavy atom. The predicted octanol–water partition coefficient (Wildman–Crippen LogP) is 5.67. The fraction of sp³-hybridized carbons (Fsp3) is 0.652. The van der Waals surface area contributed by atoms with Crippen LogP contribution in [0.15, 0.2) is 24.3 Å². The molecule has 0 bridgehead atoms. The van der Waals surface area contributed by atoms with Gasteiger partial charge in [-0.1, -0.05) is 12.1 Å². The molecular weight excluding hydrogens is 449 g/mol. The quantitative estimate of drug-likeness (QED) is 0.467. The van der Waals surface area contributed by atoms with Crippen molar-refractivity contribution in [2.45, 2.75) is 91.6 Å². The molecule has 9 nitrogen and oxygen atoms in total. The summed E-state index contributed by atoms with van der Waals surface area (Å²) in [5, 5.41) is 9.63. The Morgan fingerprint density at radius 2 is 1.36 bits per heavy atom. The highest BCUT2D eigenvalue weighted by Gasteiger charge is 2.38. The summed E-state index contributed by atoms with van der Waals surface area (Å²) in [6, 6.07) is 5.23. The summed E-state index contributed by atoms with van der Waals surface area (Å²) >= 11 is 0. The lowest BCUT2D eigenvalue weighted by Crippen LogP contribution is -2.46. The van der Waals surface area contributed by atoms with E-state index in [1.54, 1.807) is 86.6 Å². The minimum atomic E-state index is -3.96. The van der Waals surface area contributed by atoms with Crippen molar-refractivity contribution < 1.29 is 37.6 Å². The maximum atomic E-state index is 13.2. The van der Waals surface area contributed by atoms with Gasteiger partial charge < -0.3 is 14.4 Å². The third-order valence-corrected chi connectivity index (χ3v) is 5.75. The molecule has 0 heterocycles. The van der Waals surface area contributed by atoms with E-state index in [0.29, 0.717) is 5.56 Å². The Labute approximate surface area is 197 Å². The number of benzene rings is 1. The van der Waals surface area contributed by atoms with Crippen LogP contribution in [-0.2, 0) is 29.6 Å². The third kappa shape index (κ3) is 11.1. The van der Waals surface area contributed by atoms with Crippen molar-refractivity contribution in [3.05, 3.63) is 29.8 Å². The first-order valence-corrected chi connectivity index (χ1v) is 12.1. The van der Waals surface area contributed by atoms with Crippen LogP contribution in [0.25, 0.3) is 0 Å². The fourth-order valence-corrected chi connectivity index (χ4v) is 4.45. The first-order chi connectivity index (χ1) is 14.7. The zero-order chi connectivity index (χ0) is 25.8. The van der Waals surface area contributed by atoms with E-state index in [-0.39, 0.29) is 12.2 Å². The lowest BCUT2D eigenvalue weighted by atomic mass is 10.1. The molecule has 0 aliphatic carbocycles. The molecule has 1 atom stereocenters. The molecular formula is C23H38NO8P. The molecule has 1 amide bonds. The number of carboxylic acid groups (broad SMARTS) is 1. The number of phosphoric acid groups is 1. The summed E-state index contributed by atoms with van der Waals surface area (Å²) < 4.78 is 35.3. The minimum absolute atomic E-state index is 0.0417. The van der Waals surface area contributed by atoms with Crippen LogP contribution in [0.4, 0.5) is 4.79 Å².